The SMILES string of the molecule is C/C=C/COC(=O)C[C@@]1(C(=O)OC2C(OC)=CC34CCCN3CCc3cc5c(cc3[C@H]24)OCO5)CCCC(C)(C)O1. The molecule has 222 valence electrons. The minimum atomic E-state index is -1.44. The molecule has 1 aliphatic carbocycles. The van der Waals surface area contributed by atoms with E-state index in [1.54, 1.807) is 13.2 Å². The van der Waals surface area contributed by atoms with Crippen molar-refractivity contribution in [2.75, 3.05) is 33.6 Å². The molecular weight excluding hydrogens is 526 g/mol. The van der Waals surface area contributed by atoms with Crippen LogP contribution < -0.4 is 9.47 Å². The van der Waals surface area contributed by atoms with Crippen molar-refractivity contribution in [2.45, 2.75) is 94.5 Å². The maximum atomic E-state index is 14.3. The summed E-state index contributed by atoms with van der Waals surface area (Å²) >= 11 is 0. The van der Waals surface area contributed by atoms with E-state index in [9.17, 15) is 9.59 Å². The van der Waals surface area contributed by atoms with Crippen LogP contribution in [0.1, 0.15) is 76.3 Å². The van der Waals surface area contributed by atoms with Crippen LogP contribution in [0.3, 0.4) is 0 Å². The second kappa shape index (κ2) is 10.7. The molecule has 0 radical (unpaired) electrons. The second-order valence-corrected chi connectivity index (χ2v) is 12.4. The minimum absolute atomic E-state index is 0.149. The molecule has 9 heteroatoms. The molecule has 9 nitrogen and oxygen atoms in total. The highest BCUT2D eigenvalue weighted by atomic mass is 16.7. The Labute approximate surface area is 241 Å². The summed E-state index contributed by atoms with van der Waals surface area (Å²) in [6.07, 6.45) is 9.58. The molecular formula is C32H41NO8. The Hall–Kier alpha value is -3.04. The number of esters is 2. The number of methoxy groups -OCH3 is 1. The molecule has 0 saturated carbocycles. The Bertz CT molecular complexity index is 1270. The van der Waals surface area contributed by atoms with Gasteiger partial charge in [-0.15, -0.1) is 0 Å². The Morgan fingerprint density at radius 3 is 2.66 bits per heavy atom. The lowest BCUT2D eigenvalue weighted by Crippen LogP contribution is -2.54. The van der Waals surface area contributed by atoms with E-state index >= 15 is 0 Å². The molecule has 1 aromatic carbocycles. The molecule has 0 aromatic heterocycles. The molecule has 4 atom stereocenters. The quantitative estimate of drug-likeness (QED) is 0.347. The van der Waals surface area contributed by atoms with Crippen molar-refractivity contribution in [3.63, 3.8) is 0 Å². The maximum absolute atomic E-state index is 14.3. The predicted octanol–water partition coefficient (Wildman–Crippen LogP) is 4.57. The topological polar surface area (TPSA) is 92.8 Å². The Morgan fingerprint density at radius 1 is 1.10 bits per heavy atom. The summed E-state index contributed by atoms with van der Waals surface area (Å²) in [7, 11) is 1.63. The zero-order valence-corrected chi connectivity index (χ0v) is 24.5. The van der Waals surface area contributed by atoms with Crippen LogP contribution in [0.25, 0.3) is 0 Å². The first-order valence-corrected chi connectivity index (χ1v) is 14.8. The maximum Gasteiger partial charge on any atom is 0.339 e. The van der Waals surface area contributed by atoms with Crippen molar-refractivity contribution in [3.05, 3.63) is 47.2 Å². The lowest BCUT2D eigenvalue weighted by atomic mass is 9.77. The third-order valence-electron chi connectivity index (χ3n) is 9.41. The van der Waals surface area contributed by atoms with Crippen LogP contribution in [0.4, 0.5) is 0 Å². The Kier molecular flexibility index (Phi) is 7.30. The monoisotopic (exact) mass is 567 g/mol. The largest absolute Gasteiger partial charge is 0.497 e. The van der Waals surface area contributed by atoms with Crippen LogP contribution in [-0.4, -0.2) is 73.3 Å². The van der Waals surface area contributed by atoms with Gasteiger partial charge in [-0.25, -0.2) is 4.79 Å². The van der Waals surface area contributed by atoms with Crippen molar-refractivity contribution in [3.8, 4) is 11.5 Å². The minimum Gasteiger partial charge on any atom is -0.497 e. The van der Waals surface area contributed by atoms with Gasteiger partial charge in [-0.1, -0.05) is 12.2 Å². The summed E-state index contributed by atoms with van der Waals surface area (Å²) in [5.74, 6) is 0.846. The fourth-order valence-corrected chi connectivity index (χ4v) is 7.61. The fraction of sp³-hybridized carbons (Fsp3) is 0.625. The van der Waals surface area contributed by atoms with Gasteiger partial charge in [0, 0.05) is 6.54 Å². The Morgan fingerprint density at radius 2 is 1.90 bits per heavy atom. The van der Waals surface area contributed by atoms with E-state index in [-0.39, 0.29) is 31.3 Å². The summed E-state index contributed by atoms with van der Waals surface area (Å²) in [5.41, 5.74) is -0.129. The molecule has 0 N–H and O–H groups in total. The van der Waals surface area contributed by atoms with Crippen molar-refractivity contribution < 1.29 is 38.0 Å². The number of benzene rings is 1. The third-order valence-corrected chi connectivity index (χ3v) is 9.41. The van der Waals surface area contributed by atoms with E-state index in [1.165, 1.54) is 0 Å². The Balaban J connectivity index is 1.37. The standard InChI is InChI=1S/C32H41NO8/c1-5-6-15-37-26(34)19-32(12-7-10-30(2,3)41-32)29(35)40-28-25(36-4)18-31-11-8-13-33(31)14-9-21-16-23-24(39-20-38-23)17-22(21)27(28)31/h5-6,16-18,27-28H,7-15,19-20H2,1-4H3/b6-5+/t27-,28?,31?,32-/m1/s1. The first-order chi connectivity index (χ1) is 19.7. The van der Waals surface area contributed by atoms with Crippen LogP contribution in [0.5, 0.6) is 11.5 Å². The first-order valence-electron chi connectivity index (χ1n) is 14.8. The van der Waals surface area contributed by atoms with E-state index in [4.69, 9.17) is 28.4 Å². The molecule has 0 amide bonds. The summed E-state index contributed by atoms with van der Waals surface area (Å²) in [4.78, 5) is 29.8. The first kappa shape index (κ1) is 28.1. The zero-order chi connectivity index (χ0) is 28.8. The van der Waals surface area contributed by atoms with Crippen molar-refractivity contribution in [1.29, 1.82) is 0 Å². The highest BCUT2D eigenvalue weighted by Crippen LogP contribution is 2.56. The second-order valence-electron chi connectivity index (χ2n) is 12.4. The molecule has 41 heavy (non-hydrogen) atoms. The lowest BCUT2D eigenvalue weighted by Gasteiger charge is -2.44. The van der Waals surface area contributed by atoms with Gasteiger partial charge in [0.05, 0.1) is 30.6 Å². The van der Waals surface area contributed by atoms with Crippen LogP contribution in [0.15, 0.2) is 36.1 Å². The number of rotatable bonds is 7. The molecule has 4 aliphatic heterocycles. The lowest BCUT2D eigenvalue weighted by molar-refractivity contribution is -0.216. The third kappa shape index (κ3) is 4.91. The molecule has 2 unspecified atom stereocenters. The van der Waals surface area contributed by atoms with Gasteiger partial charge in [0.2, 0.25) is 6.79 Å². The van der Waals surface area contributed by atoms with Gasteiger partial charge < -0.3 is 28.4 Å². The zero-order valence-electron chi connectivity index (χ0n) is 24.5. The van der Waals surface area contributed by atoms with Crippen molar-refractivity contribution in [2.24, 2.45) is 0 Å². The van der Waals surface area contributed by atoms with Crippen LogP contribution in [-0.2, 0) is 35.0 Å². The van der Waals surface area contributed by atoms with Gasteiger partial charge in [-0.2, -0.15) is 0 Å². The molecule has 4 heterocycles. The number of hydrogen-bond donors (Lipinski definition) is 0. The number of allylic oxidation sites excluding steroid dienone is 1. The van der Waals surface area contributed by atoms with Gasteiger partial charge in [-0.05, 0) is 95.2 Å². The van der Waals surface area contributed by atoms with Gasteiger partial charge in [-0.3, -0.25) is 9.69 Å². The van der Waals surface area contributed by atoms with E-state index in [0.29, 0.717) is 17.9 Å². The number of carbonyl (C=O) groups is 2. The van der Waals surface area contributed by atoms with Crippen LogP contribution in [0, 0.1) is 0 Å². The molecule has 2 fully saturated rings. The van der Waals surface area contributed by atoms with E-state index in [2.05, 4.69) is 23.1 Å². The molecule has 2 saturated heterocycles. The van der Waals surface area contributed by atoms with E-state index in [0.717, 1.165) is 62.1 Å². The highest BCUT2D eigenvalue weighted by Gasteiger charge is 2.60. The highest BCUT2D eigenvalue weighted by molar-refractivity contribution is 5.86. The number of hydrogen-bond acceptors (Lipinski definition) is 9. The summed E-state index contributed by atoms with van der Waals surface area (Å²) in [6.45, 7) is 7.95. The van der Waals surface area contributed by atoms with E-state index in [1.807, 2.05) is 26.8 Å². The van der Waals surface area contributed by atoms with Crippen molar-refractivity contribution in [1.82, 2.24) is 4.90 Å². The average Bonchev–Trinajstić information content (AvgIpc) is 3.62. The van der Waals surface area contributed by atoms with Gasteiger partial charge in [0.1, 0.15) is 12.4 Å². The summed E-state index contributed by atoms with van der Waals surface area (Å²) < 4.78 is 35.8. The molecule has 1 spiro atoms. The molecule has 5 aliphatic rings. The van der Waals surface area contributed by atoms with Gasteiger partial charge in [0.25, 0.3) is 0 Å². The summed E-state index contributed by atoms with van der Waals surface area (Å²) in [5, 5.41) is 0. The van der Waals surface area contributed by atoms with Crippen LogP contribution >= 0.6 is 0 Å². The fourth-order valence-electron chi connectivity index (χ4n) is 7.61. The molecule has 6 rings (SSSR count). The van der Waals surface area contributed by atoms with Crippen molar-refractivity contribution >= 4 is 11.9 Å². The number of nitrogens with zero attached hydrogens (tertiary/aromatic N) is 1. The van der Waals surface area contributed by atoms with Crippen LogP contribution in [0.2, 0.25) is 0 Å². The summed E-state index contributed by atoms with van der Waals surface area (Å²) in [6, 6.07) is 4.14. The molecule has 1 aromatic rings. The normalized spacial score (nSPS) is 31.6. The van der Waals surface area contributed by atoms with Gasteiger partial charge >= 0.3 is 11.9 Å². The van der Waals surface area contributed by atoms with Gasteiger partial charge in [0.15, 0.2) is 23.2 Å². The number of carbonyl (C=O) groups excluding carboxylic acids is 2. The number of ether oxygens (including phenoxy) is 6. The molecule has 0 bridgehead atoms. The average molecular weight is 568 g/mol. The smallest absolute Gasteiger partial charge is 0.339 e. The van der Waals surface area contributed by atoms with E-state index < -0.39 is 29.2 Å². The number of fused-ring (bicyclic) bond motifs is 3. The predicted molar refractivity (Wildman–Crippen MR) is 150 cm³/mol.